The van der Waals surface area contributed by atoms with Crippen LogP contribution in [0, 0.1) is 5.92 Å². The first-order valence-electron chi connectivity index (χ1n) is 7.18. The number of hydrogen-bond acceptors (Lipinski definition) is 2. The standard InChI is InChI=1S/C14H28N2O/c1-16(12-13-8-4-2-5-9-13)14(17)10-6-3-7-11-15/h13H,2-12,15H2,1H3. The molecule has 17 heavy (non-hydrogen) atoms. The molecule has 1 aliphatic rings. The molecule has 1 amide bonds. The average molecular weight is 240 g/mol. The van der Waals surface area contributed by atoms with E-state index in [1.807, 2.05) is 11.9 Å². The van der Waals surface area contributed by atoms with E-state index in [0.29, 0.717) is 12.3 Å². The van der Waals surface area contributed by atoms with Gasteiger partial charge in [0.15, 0.2) is 0 Å². The quantitative estimate of drug-likeness (QED) is 0.695. The summed E-state index contributed by atoms with van der Waals surface area (Å²) < 4.78 is 0. The van der Waals surface area contributed by atoms with E-state index < -0.39 is 0 Å². The third kappa shape index (κ3) is 6.06. The van der Waals surface area contributed by atoms with Crippen molar-refractivity contribution in [3.05, 3.63) is 0 Å². The van der Waals surface area contributed by atoms with Gasteiger partial charge in [-0.1, -0.05) is 25.7 Å². The Morgan fingerprint density at radius 1 is 1.18 bits per heavy atom. The summed E-state index contributed by atoms with van der Waals surface area (Å²) in [4.78, 5) is 13.8. The first kappa shape index (κ1) is 14.5. The molecule has 1 saturated carbocycles. The van der Waals surface area contributed by atoms with E-state index in [-0.39, 0.29) is 0 Å². The van der Waals surface area contributed by atoms with Gasteiger partial charge >= 0.3 is 0 Å². The minimum absolute atomic E-state index is 0.313. The second-order valence-corrected chi connectivity index (χ2v) is 5.38. The van der Waals surface area contributed by atoms with Crippen LogP contribution in [0.2, 0.25) is 0 Å². The first-order valence-corrected chi connectivity index (χ1v) is 7.18. The summed E-state index contributed by atoms with van der Waals surface area (Å²) in [5, 5.41) is 0. The topological polar surface area (TPSA) is 46.3 Å². The van der Waals surface area contributed by atoms with E-state index >= 15 is 0 Å². The van der Waals surface area contributed by atoms with Crippen molar-refractivity contribution in [1.82, 2.24) is 4.90 Å². The monoisotopic (exact) mass is 240 g/mol. The van der Waals surface area contributed by atoms with Crippen LogP contribution in [0.25, 0.3) is 0 Å². The molecule has 2 N–H and O–H groups in total. The zero-order valence-electron chi connectivity index (χ0n) is 11.3. The van der Waals surface area contributed by atoms with Gasteiger partial charge in [0.2, 0.25) is 5.91 Å². The molecule has 100 valence electrons. The minimum Gasteiger partial charge on any atom is -0.345 e. The Hall–Kier alpha value is -0.570. The van der Waals surface area contributed by atoms with Crippen LogP contribution in [-0.4, -0.2) is 30.9 Å². The fraction of sp³-hybridized carbons (Fsp3) is 0.929. The maximum absolute atomic E-state index is 11.9. The van der Waals surface area contributed by atoms with Crippen molar-refractivity contribution in [3.8, 4) is 0 Å². The summed E-state index contributed by atoms with van der Waals surface area (Å²) in [5.74, 6) is 1.06. The summed E-state index contributed by atoms with van der Waals surface area (Å²) in [6.45, 7) is 1.71. The molecular formula is C14H28N2O. The average Bonchev–Trinajstić information content (AvgIpc) is 2.35. The van der Waals surface area contributed by atoms with Crippen molar-refractivity contribution in [3.63, 3.8) is 0 Å². The molecule has 1 aliphatic carbocycles. The number of carbonyl (C=O) groups is 1. The van der Waals surface area contributed by atoms with Gasteiger partial charge in [-0.25, -0.2) is 0 Å². The lowest BCUT2D eigenvalue weighted by molar-refractivity contribution is -0.130. The van der Waals surface area contributed by atoms with Crippen LogP contribution in [0.4, 0.5) is 0 Å². The van der Waals surface area contributed by atoms with Gasteiger partial charge in [-0.15, -0.1) is 0 Å². The number of nitrogens with two attached hydrogens (primary N) is 1. The summed E-state index contributed by atoms with van der Waals surface area (Å²) in [6, 6.07) is 0. The largest absolute Gasteiger partial charge is 0.345 e. The van der Waals surface area contributed by atoms with Crippen molar-refractivity contribution in [2.75, 3.05) is 20.1 Å². The molecule has 1 rings (SSSR count). The number of rotatable bonds is 7. The van der Waals surface area contributed by atoms with Gasteiger partial charge in [-0.3, -0.25) is 4.79 Å². The van der Waals surface area contributed by atoms with Crippen LogP contribution in [0.1, 0.15) is 57.8 Å². The lowest BCUT2D eigenvalue weighted by Gasteiger charge is -2.27. The van der Waals surface area contributed by atoms with Crippen molar-refractivity contribution in [1.29, 1.82) is 0 Å². The third-order valence-electron chi connectivity index (χ3n) is 3.78. The summed E-state index contributed by atoms with van der Waals surface area (Å²) >= 11 is 0. The molecular weight excluding hydrogens is 212 g/mol. The van der Waals surface area contributed by atoms with E-state index in [4.69, 9.17) is 5.73 Å². The second-order valence-electron chi connectivity index (χ2n) is 5.38. The number of unbranched alkanes of at least 4 members (excludes halogenated alkanes) is 2. The molecule has 3 nitrogen and oxygen atoms in total. The van der Waals surface area contributed by atoms with E-state index in [1.165, 1.54) is 32.1 Å². The van der Waals surface area contributed by atoms with Crippen LogP contribution in [0.5, 0.6) is 0 Å². The van der Waals surface area contributed by atoms with E-state index in [1.54, 1.807) is 0 Å². The molecule has 0 aliphatic heterocycles. The fourth-order valence-corrected chi connectivity index (χ4v) is 2.65. The summed E-state index contributed by atoms with van der Waals surface area (Å²) in [5.41, 5.74) is 5.43. The Morgan fingerprint density at radius 3 is 2.53 bits per heavy atom. The van der Waals surface area contributed by atoms with Crippen LogP contribution in [0.15, 0.2) is 0 Å². The van der Waals surface area contributed by atoms with Crippen molar-refractivity contribution < 1.29 is 4.79 Å². The highest BCUT2D eigenvalue weighted by molar-refractivity contribution is 5.75. The molecule has 0 aromatic rings. The number of carbonyl (C=O) groups excluding carboxylic acids is 1. The Morgan fingerprint density at radius 2 is 1.88 bits per heavy atom. The predicted octanol–water partition coefficient (Wildman–Crippen LogP) is 2.54. The highest BCUT2D eigenvalue weighted by Gasteiger charge is 2.17. The van der Waals surface area contributed by atoms with Crippen LogP contribution in [0.3, 0.4) is 0 Å². The summed E-state index contributed by atoms with van der Waals surface area (Å²) in [6.07, 6.45) is 10.5. The van der Waals surface area contributed by atoms with Gasteiger partial charge in [-0.2, -0.15) is 0 Å². The van der Waals surface area contributed by atoms with Gasteiger partial charge in [-0.05, 0) is 38.1 Å². The Labute approximate surface area is 106 Å². The molecule has 0 spiro atoms. The number of nitrogens with zero attached hydrogens (tertiary/aromatic N) is 1. The maximum Gasteiger partial charge on any atom is 0.222 e. The van der Waals surface area contributed by atoms with E-state index in [0.717, 1.165) is 38.3 Å². The molecule has 3 heteroatoms. The number of hydrogen-bond donors (Lipinski definition) is 1. The van der Waals surface area contributed by atoms with Gasteiger partial charge < -0.3 is 10.6 Å². The van der Waals surface area contributed by atoms with Crippen LogP contribution < -0.4 is 5.73 Å². The lowest BCUT2D eigenvalue weighted by Crippen LogP contribution is -2.32. The Kier molecular flexibility index (Phi) is 7.25. The van der Waals surface area contributed by atoms with Crippen LogP contribution >= 0.6 is 0 Å². The van der Waals surface area contributed by atoms with E-state index in [2.05, 4.69) is 0 Å². The maximum atomic E-state index is 11.9. The van der Waals surface area contributed by atoms with Crippen molar-refractivity contribution in [2.24, 2.45) is 11.7 Å². The zero-order valence-corrected chi connectivity index (χ0v) is 11.3. The molecule has 0 saturated heterocycles. The Balaban J connectivity index is 2.12. The third-order valence-corrected chi connectivity index (χ3v) is 3.78. The zero-order chi connectivity index (χ0) is 12.5. The normalized spacial score (nSPS) is 17.1. The Bertz CT molecular complexity index is 212. The fourth-order valence-electron chi connectivity index (χ4n) is 2.65. The van der Waals surface area contributed by atoms with Crippen molar-refractivity contribution >= 4 is 5.91 Å². The molecule has 0 bridgehead atoms. The smallest absolute Gasteiger partial charge is 0.222 e. The molecule has 0 atom stereocenters. The van der Waals surface area contributed by atoms with Crippen molar-refractivity contribution in [2.45, 2.75) is 57.8 Å². The molecule has 0 heterocycles. The van der Waals surface area contributed by atoms with E-state index in [9.17, 15) is 4.79 Å². The second kappa shape index (κ2) is 8.51. The predicted molar refractivity (Wildman–Crippen MR) is 71.7 cm³/mol. The van der Waals surface area contributed by atoms with Gasteiger partial charge in [0, 0.05) is 20.0 Å². The van der Waals surface area contributed by atoms with Gasteiger partial charge in [0.1, 0.15) is 0 Å². The molecule has 0 aromatic carbocycles. The number of amides is 1. The minimum atomic E-state index is 0.313. The first-order chi connectivity index (χ1) is 8.24. The molecule has 0 unspecified atom stereocenters. The van der Waals surface area contributed by atoms with Gasteiger partial charge in [0.05, 0.1) is 0 Å². The highest BCUT2D eigenvalue weighted by atomic mass is 16.2. The van der Waals surface area contributed by atoms with Gasteiger partial charge in [0.25, 0.3) is 0 Å². The SMILES string of the molecule is CN(CC1CCCCC1)C(=O)CCCCCN. The molecule has 1 fully saturated rings. The molecule has 0 aromatic heterocycles. The summed E-state index contributed by atoms with van der Waals surface area (Å²) in [7, 11) is 1.96. The molecule has 0 radical (unpaired) electrons. The highest BCUT2D eigenvalue weighted by Crippen LogP contribution is 2.24. The van der Waals surface area contributed by atoms with Crippen LogP contribution in [-0.2, 0) is 4.79 Å². The lowest BCUT2D eigenvalue weighted by atomic mass is 9.89.